The number of amides is 3. The van der Waals surface area contributed by atoms with Gasteiger partial charge in [0.25, 0.3) is 5.91 Å². The van der Waals surface area contributed by atoms with Gasteiger partial charge in [0.15, 0.2) is 0 Å². The molecule has 0 aliphatic carbocycles. The van der Waals surface area contributed by atoms with Crippen molar-refractivity contribution in [2.45, 2.75) is 19.8 Å². The first-order valence-electron chi connectivity index (χ1n) is 7.21. The maximum Gasteiger partial charge on any atom is 0.271 e. The Kier molecular flexibility index (Phi) is 9.73. The van der Waals surface area contributed by atoms with Crippen LogP contribution in [-0.4, -0.2) is 46.8 Å². The molecule has 0 spiro atoms. The lowest BCUT2D eigenvalue weighted by Gasteiger charge is -2.05. The van der Waals surface area contributed by atoms with Crippen molar-refractivity contribution in [2.75, 3.05) is 18.8 Å². The van der Waals surface area contributed by atoms with Gasteiger partial charge in [-0.2, -0.15) is 0 Å². The van der Waals surface area contributed by atoms with Crippen LogP contribution in [0.25, 0.3) is 0 Å². The molecular formula is C14H20N4O4S2. The Morgan fingerprint density at radius 1 is 1.33 bits per heavy atom. The van der Waals surface area contributed by atoms with Crippen LogP contribution in [0, 0.1) is 0 Å². The van der Waals surface area contributed by atoms with Gasteiger partial charge in [-0.15, -0.1) is 23.1 Å². The highest BCUT2D eigenvalue weighted by Gasteiger charge is 2.12. The molecule has 1 heterocycles. The average Bonchev–Trinajstić information content (AvgIpc) is 3.05. The molecule has 1 aromatic rings. The molecule has 1 rings (SSSR count). The fourth-order valence-corrected chi connectivity index (χ4v) is 3.07. The summed E-state index contributed by atoms with van der Waals surface area (Å²) in [5.41, 5.74) is 1.75. The van der Waals surface area contributed by atoms with E-state index in [0.29, 0.717) is 5.69 Å². The highest BCUT2D eigenvalue weighted by Crippen LogP contribution is 2.13. The van der Waals surface area contributed by atoms with E-state index < -0.39 is 17.7 Å². The van der Waals surface area contributed by atoms with Crippen molar-refractivity contribution in [2.24, 2.45) is 0 Å². The van der Waals surface area contributed by atoms with Gasteiger partial charge in [0.05, 0.1) is 11.6 Å². The lowest BCUT2D eigenvalue weighted by atomic mass is 10.4. The first kappa shape index (κ1) is 20.1. The zero-order chi connectivity index (χ0) is 17.8. The van der Waals surface area contributed by atoms with Crippen molar-refractivity contribution >= 4 is 40.8 Å². The number of hydroxylamine groups is 1. The smallest absolute Gasteiger partial charge is 0.271 e. The predicted molar refractivity (Wildman–Crippen MR) is 93.0 cm³/mol. The van der Waals surface area contributed by atoms with Crippen LogP contribution in [0.15, 0.2) is 16.9 Å². The minimum Gasteiger partial charge on any atom is -0.354 e. The van der Waals surface area contributed by atoms with Crippen LogP contribution in [-0.2, 0) is 16.0 Å². The summed E-state index contributed by atoms with van der Waals surface area (Å²) < 4.78 is 0. The first-order chi connectivity index (χ1) is 11.6. The molecule has 3 amide bonds. The van der Waals surface area contributed by atoms with Crippen molar-refractivity contribution in [3.05, 3.63) is 27.6 Å². The number of hydrogen-bond acceptors (Lipinski definition) is 7. The number of thiazole rings is 1. The second-order valence-electron chi connectivity index (χ2n) is 4.53. The maximum atomic E-state index is 11.9. The SMILES string of the molecule is CC=CSCCc1nc(C(=O)NCC(=O)NCCC(=O)NO)cs1. The monoisotopic (exact) mass is 372 g/mol. The van der Waals surface area contributed by atoms with Crippen molar-refractivity contribution in [3.8, 4) is 0 Å². The first-order valence-corrected chi connectivity index (χ1v) is 9.14. The summed E-state index contributed by atoms with van der Waals surface area (Å²) in [5, 5.41) is 17.8. The number of carbonyl (C=O) groups is 3. The number of hydrogen-bond donors (Lipinski definition) is 4. The molecule has 0 saturated heterocycles. The van der Waals surface area contributed by atoms with Crippen LogP contribution in [0.4, 0.5) is 0 Å². The molecule has 4 N–H and O–H groups in total. The van der Waals surface area contributed by atoms with E-state index in [1.807, 2.05) is 18.4 Å². The minimum absolute atomic E-state index is 0.0448. The molecule has 0 bridgehead atoms. The molecule has 8 nitrogen and oxygen atoms in total. The summed E-state index contributed by atoms with van der Waals surface area (Å²) in [6, 6.07) is 0. The maximum absolute atomic E-state index is 11.9. The fraction of sp³-hybridized carbons (Fsp3) is 0.429. The van der Waals surface area contributed by atoms with Gasteiger partial charge < -0.3 is 10.6 Å². The van der Waals surface area contributed by atoms with E-state index in [4.69, 9.17) is 5.21 Å². The van der Waals surface area contributed by atoms with Crippen LogP contribution in [0.5, 0.6) is 0 Å². The van der Waals surface area contributed by atoms with Crippen molar-refractivity contribution in [3.63, 3.8) is 0 Å². The van der Waals surface area contributed by atoms with E-state index in [9.17, 15) is 14.4 Å². The largest absolute Gasteiger partial charge is 0.354 e. The average molecular weight is 372 g/mol. The predicted octanol–water partition coefficient (Wildman–Crippen LogP) is 0.694. The summed E-state index contributed by atoms with van der Waals surface area (Å²) in [6.07, 6.45) is 2.70. The van der Waals surface area contributed by atoms with Crippen molar-refractivity contribution < 1.29 is 19.6 Å². The molecule has 0 radical (unpaired) electrons. The van der Waals surface area contributed by atoms with E-state index in [0.717, 1.165) is 17.2 Å². The minimum atomic E-state index is -0.595. The molecule has 1 aromatic heterocycles. The number of nitrogens with one attached hydrogen (secondary N) is 3. The van der Waals surface area contributed by atoms with Gasteiger partial charge in [0, 0.05) is 30.5 Å². The van der Waals surface area contributed by atoms with Gasteiger partial charge in [0.1, 0.15) is 5.69 Å². The van der Waals surface area contributed by atoms with E-state index >= 15 is 0 Å². The second-order valence-corrected chi connectivity index (χ2v) is 6.49. The molecule has 10 heteroatoms. The standard InChI is InChI=1S/C14H20N4O4S2/c1-2-6-23-7-4-13-17-10(9-24-13)14(21)16-8-12(20)15-5-3-11(19)18-22/h2,6,9,22H,3-5,7-8H2,1H3,(H,15,20)(H,16,21)(H,18,19). The number of nitrogens with zero attached hydrogens (tertiary/aromatic N) is 1. The number of aromatic nitrogens is 1. The Morgan fingerprint density at radius 2 is 2.12 bits per heavy atom. The lowest BCUT2D eigenvalue weighted by molar-refractivity contribution is -0.129. The Labute approximate surface area is 148 Å². The molecule has 0 aliphatic heterocycles. The summed E-state index contributed by atoms with van der Waals surface area (Å²) in [6.45, 7) is 1.83. The summed E-state index contributed by atoms with van der Waals surface area (Å²) in [4.78, 5) is 38.4. The number of rotatable bonds is 10. The topological polar surface area (TPSA) is 120 Å². The molecule has 0 aromatic carbocycles. The summed E-state index contributed by atoms with van der Waals surface area (Å²) in [5.74, 6) is -0.543. The molecule has 0 aliphatic rings. The van der Waals surface area contributed by atoms with Gasteiger partial charge in [-0.25, -0.2) is 10.5 Å². The molecular weight excluding hydrogens is 352 g/mol. The second kappa shape index (κ2) is 11.6. The van der Waals surface area contributed by atoms with Gasteiger partial charge in [-0.05, 0) is 12.3 Å². The fourth-order valence-electron chi connectivity index (χ4n) is 1.53. The number of allylic oxidation sites excluding steroid dienone is 1. The Balaban J connectivity index is 2.28. The zero-order valence-corrected chi connectivity index (χ0v) is 14.8. The number of carbonyl (C=O) groups excluding carboxylic acids is 3. The third-order valence-electron chi connectivity index (χ3n) is 2.66. The van der Waals surface area contributed by atoms with Crippen LogP contribution in [0.3, 0.4) is 0 Å². The van der Waals surface area contributed by atoms with Gasteiger partial charge in [-0.1, -0.05) is 6.08 Å². The zero-order valence-electron chi connectivity index (χ0n) is 13.2. The third-order valence-corrected chi connectivity index (χ3v) is 4.47. The van der Waals surface area contributed by atoms with Crippen molar-refractivity contribution in [1.82, 2.24) is 21.1 Å². The van der Waals surface area contributed by atoms with E-state index in [-0.39, 0.29) is 19.5 Å². The molecule has 0 fully saturated rings. The van der Waals surface area contributed by atoms with E-state index in [2.05, 4.69) is 15.6 Å². The van der Waals surface area contributed by atoms with Crippen molar-refractivity contribution in [1.29, 1.82) is 0 Å². The van der Waals surface area contributed by atoms with Crippen LogP contribution in [0.2, 0.25) is 0 Å². The highest BCUT2D eigenvalue weighted by molar-refractivity contribution is 8.02. The summed E-state index contributed by atoms with van der Waals surface area (Å²) in [7, 11) is 0. The van der Waals surface area contributed by atoms with E-state index in [1.54, 1.807) is 17.1 Å². The Bertz CT molecular complexity index is 589. The van der Waals surface area contributed by atoms with Gasteiger partial charge >= 0.3 is 0 Å². The lowest BCUT2D eigenvalue weighted by Crippen LogP contribution is -2.38. The quantitative estimate of drug-likeness (QED) is 0.272. The number of thioether (sulfide) groups is 1. The third kappa shape index (κ3) is 8.09. The highest BCUT2D eigenvalue weighted by atomic mass is 32.2. The van der Waals surface area contributed by atoms with E-state index in [1.165, 1.54) is 16.8 Å². The van der Waals surface area contributed by atoms with Crippen LogP contribution < -0.4 is 16.1 Å². The molecule has 24 heavy (non-hydrogen) atoms. The van der Waals surface area contributed by atoms with Crippen LogP contribution in [0.1, 0.15) is 28.8 Å². The van der Waals surface area contributed by atoms with Gasteiger partial charge in [0.2, 0.25) is 11.8 Å². The molecule has 0 saturated carbocycles. The molecule has 0 unspecified atom stereocenters. The molecule has 132 valence electrons. The van der Waals surface area contributed by atoms with Gasteiger partial charge in [-0.3, -0.25) is 19.6 Å². The Morgan fingerprint density at radius 3 is 2.83 bits per heavy atom. The normalized spacial score (nSPS) is 10.6. The Hall–Kier alpha value is -1.91. The molecule has 0 atom stereocenters. The van der Waals surface area contributed by atoms with Crippen LogP contribution >= 0.6 is 23.1 Å². The number of aryl methyl sites for hydroxylation is 1. The summed E-state index contributed by atoms with van der Waals surface area (Å²) >= 11 is 3.09.